The van der Waals surface area contributed by atoms with Gasteiger partial charge in [-0.15, -0.1) is 16.4 Å². The Hall–Kier alpha value is -3.09. The van der Waals surface area contributed by atoms with Gasteiger partial charge >= 0.3 is 6.18 Å². The van der Waals surface area contributed by atoms with Gasteiger partial charge in [0.15, 0.2) is 5.69 Å². The van der Waals surface area contributed by atoms with Crippen molar-refractivity contribution < 1.29 is 27.4 Å². The summed E-state index contributed by atoms with van der Waals surface area (Å²) in [5.74, 6) is 0.0662. The number of benzene rings is 1. The number of amides is 1. The molecule has 0 radical (unpaired) electrons. The Morgan fingerprint density at radius 3 is 2.76 bits per heavy atom. The SMILES string of the molecule is CCc1cnc(-c2cc(OC[C@H]3CN(C)CCO3)cc(C(=O)NC(C)c3ccc(C(F)(F)F)nn3)c2)s1. The molecule has 198 valence electrons. The van der Waals surface area contributed by atoms with Gasteiger partial charge < -0.3 is 19.7 Å². The number of carbonyl (C=O) groups excluding carboxylic acids is 1. The molecule has 1 unspecified atom stereocenters. The summed E-state index contributed by atoms with van der Waals surface area (Å²) in [6, 6.07) is 6.56. The number of hydrogen-bond acceptors (Lipinski definition) is 8. The van der Waals surface area contributed by atoms with Gasteiger partial charge in [-0.1, -0.05) is 6.92 Å². The third kappa shape index (κ3) is 7.02. The molecule has 3 heterocycles. The fraction of sp³-hybridized carbons (Fsp3) is 0.440. The lowest BCUT2D eigenvalue weighted by Crippen LogP contribution is -2.42. The number of rotatable bonds is 8. The van der Waals surface area contributed by atoms with Crippen LogP contribution in [0.3, 0.4) is 0 Å². The highest BCUT2D eigenvalue weighted by molar-refractivity contribution is 7.15. The highest BCUT2D eigenvalue weighted by atomic mass is 32.1. The van der Waals surface area contributed by atoms with Crippen molar-refractivity contribution >= 4 is 17.2 Å². The highest BCUT2D eigenvalue weighted by Gasteiger charge is 2.33. The zero-order valence-corrected chi connectivity index (χ0v) is 21.5. The fourth-order valence-corrected chi connectivity index (χ4v) is 4.62. The summed E-state index contributed by atoms with van der Waals surface area (Å²) in [5, 5.41) is 10.4. The molecule has 2 aromatic heterocycles. The van der Waals surface area contributed by atoms with E-state index in [9.17, 15) is 18.0 Å². The van der Waals surface area contributed by atoms with Crippen LogP contribution < -0.4 is 10.1 Å². The molecule has 1 aliphatic rings. The minimum absolute atomic E-state index is 0.0930. The molecule has 12 heteroatoms. The second kappa shape index (κ2) is 11.5. The molecular formula is C25H28F3N5O3S. The topological polar surface area (TPSA) is 89.5 Å². The lowest BCUT2D eigenvalue weighted by atomic mass is 10.1. The van der Waals surface area contributed by atoms with Gasteiger partial charge in [0.05, 0.1) is 18.3 Å². The third-order valence-electron chi connectivity index (χ3n) is 5.86. The molecule has 0 spiro atoms. The van der Waals surface area contributed by atoms with E-state index < -0.39 is 23.8 Å². The zero-order valence-electron chi connectivity index (χ0n) is 20.7. The number of hydrogen-bond donors (Lipinski definition) is 1. The van der Waals surface area contributed by atoms with Crippen LogP contribution in [-0.2, 0) is 17.3 Å². The molecule has 0 bridgehead atoms. The maximum Gasteiger partial charge on any atom is 0.435 e. The lowest BCUT2D eigenvalue weighted by molar-refractivity contribution is -0.141. The van der Waals surface area contributed by atoms with Crippen molar-refractivity contribution in [3.63, 3.8) is 0 Å². The summed E-state index contributed by atoms with van der Waals surface area (Å²) in [7, 11) is 2.02. The Morgan fingerprint density at radius 2 is 2.11 bits per heavy atom. The van der Waals surface area contributed by atoms with Gasteiger partial charge in [-0.2, -0.15) is 18.3 Å². The monoisotopic (exact) mass is 535 g/mol. The van der Waals surface area contributed by atoms with Crippen LogP contribution in [0.2, 0.25) is 0 Å². The van der Waals surface area contributed by atoms with E-state index in [1.165, 1.54) is 17.4 Å². The second-order valence-electron chi connectivity index (χ2n) is 8.83. The first-order valence-electron chi connectivity index (χ1n) is 11.9. The first-order chi connectivity index (χ1) is 17.6. The number of ether oxygens (including phenoxy) is 2. The van der Waals surface area contributed by atoms with Gasteiger partial charge in [0.2, 0.25) is 0 Å². The van der Waals surface area contributed by atoms with Crippen LogP contribution in [0.4, 0.5) is 13.2 Å². The van der Waals surface area contributed by atoms with Gasteiger partial charge in [-0.25, -0.2) is 4.98 Å². The van der Waals surface area contributed by atoms with E-state index in [0.29, 0.717) is 24.5 Å². The Morgan fingerprint density at radius 1 is 1.30 bits per heavy atom. The fourth-order valence-electron chi connectivity index (χ4n) is 3.78. The third-order valence-corrected chi connectivity index (χ3v) is 7.05. The molecule has 3 aromatic rings. The molecule has 1 saturated heterocycles. The standard InChI is InChI=1S/C25H28F3N5O3S/c1-4-20-12-29-24(37-20)17-9-16(10-18(11-17)36-14-19-13-33(3)7-8-35-19)23(34)30-15(2)21-5-6-22(32-31-21)25(26,27)28/h5-6,9-12,15,19H,4,7-8,13-14H2,1-3H3,(H,30,34)/t15?,19-/m1/s1. The van der Waals surface area contributed by atoms with Crippen molar-refractivity contribution in [2.24, 2.45) is 0 Å². The molecular weight excluding hydrogens is 507 g/mol. The Balaban J connectivity index is 1.53. The van der Waals surface area contributed by atoms with Gasteiger partial charge in [0.1, 0.15) is 23.5 Å². The van der Waals surface area contributed by atoms with Crippen molar-refractivity contribution in [2.45, 2.75) is 38.6 Å². The Labute approximate surface area is 216 Å². The normalized spacial score (nSPS) is 17.4. The largest absolute Gasteiger partial charge is 0.491 e. The van der Waals surface area contributed by atoms with Gasteiger partial charge in [-0.05, 0) is 50.7 Å². The second-order valence-corrected chi connectivity index (χ2v) is 9.95. The summed E-state index contributed by atoms with van der Waals surface area (Å²) in [6.45, 7) is 6.23. The van der Waals surface area contributed by atoms with Crippen molar-refractivity contribution in [1.29, 1.82) is 0 Å². The van der Waals surface area contributed by atoms with Crippen LogP contribution >= 0.6 is 11.3 Å². The Bertz CT molecular complexity index is 1220. The maximum atomic E-state index is 13.2. The van der Waals surface area contributed by atoms with Crippen LogP contribution in [0, 0.1) is 0 Å². The molecule has 1 aliphatic heterocycles. The number of nitrogens with zero attached hydrogens (tertiary/aromatic N) is 4. The van der Waals surface area contributed by atoms with Crippen molar-refractivity contribution in [3.05, 3.63) is 58.4 Å². The summed E-state index contributed by atoms with van der Waals surface area (Å²) >= 11 is 1.54. The lowest BCUT2D eigenvalue weighted by Gasteiger charge is -2.29. The Kier molecular flexibility index (Phi) is 8.40. The molecule has 0 saturated carbocycles. The highest BCUT2D eigenvalue weighted by Crippen LogP contribution is 2.31. The smallest absolute Gasteiger partial charge is 0.435 e. The predicted octanol–water partition coefficient (Wildman–Crippen LogP) is 4.38. The van der Waals surface area contributed by atoms with E-state index in [2.05, 4.69) is 25.4 Å². The van der Waals surface area contributed by atoms with E-state index in [1.54, 1.807) is 19.1 Å². The quantitative estimate of drug-likeness (QED) is 0.458. The van der Waals surface area contributed by atoms with E-state index in [0.717, 1.165) is 41.0 Å². The number of thiazole rings is 1. The number of nitrogens with one attached hydrogen (secondary N) is 1. The maximum absolute atomic E-state index is 13.2. The molecule has 0 aliphatic carbocycles. The van der Waals surface area contributed by atoms with E-state index in [4.69, 9.17) is 9.47 Å². The molecule has 37 heavy (non-hydrogen) atoms. The van der Waals surface area contributed by atoms with E-state index >= 15 is 0 Å². The minimum Gasteiger partial charge on any atom is -0.491 e. The van der Waals surface area contributed by atoms with Crippen LogP contribution in [0.15, 0.2) is 36.5 Å². The number of aromatic nitrogens is 3. The van der Waals surface area contributed by atoms with Crippen molar-refractivity contribution in [2.75, 3.05) is 33.4 Å². The first kappa shape index (κ1) is 27.0. The molecule has 2 atom stereocenters. The van der Waals surface area contributed by atoms with Gasteiger partial charge in [0, 0.05) is 35.3 Å². The van der Waals surface area contributed by atoms with Crippen LogP contribution in [-0.4, -0.2) is 65.4 Å². The molecule has 1 N–H and O–H groups in total. The first-order valence-corrected chi connectivity index (χ1v) is 12.7. The average molecular weight is 536 g/mol. The molecule has 1 amide bonds. The van der Waals surface area contributed by atoms with Crippen molar-refractivity contribution in [1.82, 2.24) is 25.4 Å². The van der Waals surface area contributed by atoms with E-state index in [1.807, 2.05) is 26.2 Å². The van der Waals surface area contributed by atoms with Crippen LogP contribution in [0.25, 0.3) is 10.6 Å². The predicted molar refractivity (Wildman–Crippen MR) is 133 cm³/mol. The zero-order chi connectivity index (χ0) is 26.6. The number of halogens is 3. The summed E-state index contributed by atoms with van der Waals surface area (Å²) in [4.78, 5) is 20.9. The van der Waals surface area contributed by atoms with E-state index in [-0.39, 0.29) is 11.8 Å². The molecule has 8 nitrogen and oxygen atoms in total. The summed E-state index contributed by atoms with van der Waals surface area (Å²) in [6.07, 6.45) is -2.02. The van der Waals surface area contributed by atoms with Crippen LogP contribution in [0.5, 0.6) is 5.75 Å². The molecule has 4 rings (SSSR count). The molecule has 1 fully saturated rings. The summed E-state index contributed by atoms with van der Waals surface area (Å²) < 4.78 is 50.2. The number of carbonyl (C=O) groups is 1. The number of likely N-dealkylation sites (N-methyl/N-ethyl adjacent to an activating group) is 1. The summed E-state index contributed by atoms with van der Waals surface area (Å²) in [5.41, 5.74) is 0.178. The molecule has 1 aromatic carbocycles. The number of alkyl halides is 3. The van der Waals surface area contributed by atoms with Crippen LogP contribution in [0.1, 0.15) is 46.5 Å². The minimum atomic E-state index is -4.58. The number of aryl methyl sites for hydroxylation is 1. The van der Waals surface area contributed by atoms with Gasteiger partial charge in [-0.3, -0.25) is 4.79 Å². The van der Waals surface area contributed by atoms with Gasteiger partial charge in [0.25, 0.3) is 5.91 Å². The van der Waals surface area contributed by atoms with Crippen molar-refractivity contribution in [3.8, 4) is 16.3 Å². The average Bonchev–Trinajstić information content (AvgIpc) is 3.36. The number of morpholine rings is 1.